The molecule has 2 nitrogen and oxygen atoms in total. The molecule has 0 spiro atoms. The molecule has 0 amide bonds. The third kappa shape index (κ3) is 5.80. The van der Waals surface area contributed by atoms with E-state index in [1.54, 1.807) is 0 Å². The molecule has 0 aliphatic carbocycles. The smallest absolute Gasteiger partial charge is 0.133 e. The highest BCUT2D eigenvalue weighted by Gasteiger charge is 1.84. The molecule has 0 aromatic carbocycles. The van der Waals surface area contributed by atoms with Crippen molar-refractivity contribution in [3.63, 3.8) is 0 Å². The predicted octanol–water partition coefficient (Wildman–Crippen LogP) is 0.973. The summed E-state index contributed by atoms with van der Waals surface area (Å²) in [5.74, 6) is 0.844. The number of unbranched alkanes of at least 4 members (excludes halogenated alkanes) is 1. The zero-order valence-corrected chi connectivity index (χ0v) is 5.45. The molecule has 8 heavy (non-hydrogen) atoms. The van der Waals surface area contributed by atoms with E-state index in [9.17, 15) is 0 Å². The third-order valence-electron chi connectivity index (χ3n) is 0.719. The van der Waals surface area contributed by atoms with E-state index in [1.165, 1.54) is 11.8 Å². The Balaban J connectivity index is 2.65. The van der Waals surface area contributed by atoms with Crippen molar-refractivity contribution in [2.75, 3.05) is 12.4 Å². The molecule has 0 aliphatic rings. The number of aliphatic hydroxyl groups excluding tert-OH is 1. The van der Waals surface area contributed by atoms with Crippen molar-refractivity contribution in [2.45, 2.75) is 12.8 Å². The van der Waals surface area contributed by atoms with Gasteiger partial charge < -0.3 is 5.11 Å². The maximum absolute atomic E-state index is 8.27. The summed E-state index contributed by atoms with van der Waals surface area (Å²) in [7, 11) is 0. The van der Waals surface area contributed by atoms with Gasteiger partial charge in [0.2, 0.25) is 0 Å². The van der Waals surface area contributed by atoms with E-state index in [4.69, 9.17) is 10.4 Å². The number of nitrogens with zero attached hydrogens (tertiary/aromatic N) is 1. The zero-order valence-electron chi connectivity index (χ0n) is 4.63. The van der Waals surface area contributed by atoms with Crippen LogP contribution in [0.5, 0.6) is 0 Å². The summed E-state index contributed by atoms with van der Waals surface area (Å²) in [6.07, 6.45) is 1.75. The minimum absolute atomic E-state index is 0.242. The van der Waals surface area contributed by atoms with Gasteiger partial charge >= 0.3 is 0 Å². The average Bonchev–Trinajstić information content (AvgIpc) is 1.81. The van der Waals surface area contributed by atoms with Crippen LogP contribution in [0.3, 0.4) is 0 Å². The van der Waals surface area contributed by atoms with Gasteiger partial charge in [-0.2, -0.15) is 5.26 Å². The van der Waals surface area contributed by atoms with Crippen LogP contribution in [0.2, 0.25) is 0 Å². The van der Waals surface area contributed by atoms with Crippen LogP contribution in [-0.2, 0) is 0 Å². The summed E-state index contributed by atoms with van der Waals surface area (Å²) in [4.78, 5) is 0. The topological polar surface area (TPSA) is 44.0 Å². The highest BCUT2D eigenvalue weighted by molar-refractivity contribution is 8.03. The molecule has 0 heterocycles. The first-order valence-electron chi connectivity index (χ1n) is 2.53. The molecule has 0 atom stereocenters. The fourth-order valence-electron chi connectivity index (χ4n) is 0.332. The summed E-state index contributed by atoms with van der Waals surface area (Å²) in [5.41, 5.74) is 0. The first-order valence-corrected chi connectivity index (χ1v) is 3.52. The van der Waals surface area contributed by atoms with E-state index in [-0.39, 0.29) is 6.61 Å². The van der Waals surface area contributed by atoms with Gasteiger partial charge in [0.25, 0.3) is 0 Å². The Morgan fingerprint density at radius 1 is 1.50 bits per heavy atom. The number of aliphatic hydroxyl groups is 1. The van der Waals surface area contributed by atoms with Crippen LogP contribution in [-0.4, -0.2) is 17.5 Å². The predicted molar refractivity (Wildman–Crippen MR) is 34.4 cm³/mol. The van der Waals surface area contributed by atoms with E-state index in [0.717, 1.165) is 18.6 Å². The standard InChI is InChI=1S/C5H9NOS/c6-5-8-4-2-1-3-7/h7H,1-4H2. The molecule has 46 valence electrons. The van der Waals surface area contributed by atoms with Gasteiger partial charge in [-0.05, 0) is 24.6 Å². The molecule has 0 aliphatic heterocycles. The van der Waals surface area contributed by atoms with E-state index in [1.807, 2.05) is 5.40 Å². The molecule has 0 aromatic heterocycles. The number of nitriles is 1. The van der Waals surface area contributed by atoms with Crippen LogP contribution in [0, 0.1) is 10.7 Å². The second-order valence-corrected chi connectivity index (χ2v) is 2.25. The normalized spacial score (nSPS) is 8.50. The molecular formula is C5H9NOS. The van der Waals surface area contributed by atoms with Crippen molar-refractivity contribution in [1.29, 1.82) is 5.26 Å². The fourth-order valence-corrected chi connectivity index (χ4v) is 0.771. The molecule has 0 saturated heterocycles. The van der Waals surface area contributed by atoms with E-state index >= 15 is 0 Å². The van der Waals surface area contributed by atoms with Crippen LogP contribution < -0.4 is 0 Å². The summed E-state index contributed by atoms with van der Waals surface area (Å²) in [6, 6.07) is 0. The van der Waals surface area contributed by atoms with Gasteiger partial charge in [0, 0.05) is 12.4 Å². The number of rotatable bonds is 4. The maximum atomic E-state index is 8.27. The van der Waals surface area contributed by atoms with Gasteiger partial charge in [0.1, 0.15) is 5.40 Å². The lowest BCUT2D eigenvalue weighted by molar-refractivity contribution is 0.287. The summed E-state index contributed by atoms with van der Waals surface area (Å²) >= 11 is 1.24. The number of thioether (sulfide) groups is 1. The van der Waals surface area contributed by atoms with E-state index in [2.05, 4.69) is 0 Å². The van der Waals surface area contributed by atoms with Gasteiger partial charge in [-0.3, -0.25) is 0 Å². The largest absolute Gasteiger partial charge is 0.396 e. The molecule has 3 heteroatoms. The molecule has 1 N–H and O–H groups in total. The summed E-state index contributed by atoms with van der Waals surface area (Å²) in [5, 5.41) is 18.3. The Kier molecular flexibility index (Phi) is 6.63. The Morgan fingerprint density at radius 2 is 2.25 bits per heavy atom. The Labute approximate surface area is 53.5 Å². The molecule has 0 unspecified atom stereocenters. The van der Waals surface area contributed by atoms with Crippen LogP contribution in [0.1, 0.15) is 12.8 Å². The second kappa shape index (κ2) is 6.80. The Bertz CT molecular complexity index is 79.0. The molecule has 0 radical (unpaired) electrons. The summed E-state index contributed by atoms with van der Waals surface area (Å²) in [6.45, 7) is 0.242. The minimum Gasteiger partial charge on any atom is -0.396 e. The van der Waals surface area contributed by atoms with Crippen molar-refractivity contribution in [3.8, 4) is 5.40 Å². The van der Waals surface area contributed by atoms with E-state index in [0.29, 0.717) is 0 Å². The first kappa shape index (κ1) is 7.80. The maximum Gasteiger partial charge on any atom is 0.133 e. The van der Waals surface area contributed by atoms with Gasteiger partial charge in [0.05, 0.1) is 0 Å². The van der Waals surface area contributed by atoms with E-state index < -0.39 is 0 Å². The van der Waals surface area contributed by atoms with Gasteiger partial charge in [-0.15, -0.1) is 0 Å². The van der Waals surface area contributed by atoms with Gasteiger partial charge in [-0.25, -0.2) is 0 Å². The lowest BCUT2D eigenvalue weighted by Gasteiger charge is -1.88. The van der Waals surface area contributed by atoms with Gasteiger partial charge in [0.15, 0.2) is 0 Å². The second-order valence-electron chi connectivity index (χ2n) is 1.37. The molecule has 0 saturated carbocycles. The number of hydrogen-bond acceptors (Lipinski definition) is 3. The quantitative estimate of drug-likeness (QED) is 0.456. The first-order chi connectivity index (χ1) is 3.91. The highest BCUT2D eigenvalue weighted by Crippen LogP contribution is 2.00. The Hall–Kier alpha value is -0.200. The van der Waals surface area contributed by atoms with Crippen LogP contribution >= 0.6 is 11.8 Å². The molecule has 0 bridgehead atoms. The van der Waals surface area contributed by atoms with Crippen LogP contribution in [0.4, 0.5) is 0 Å². The lowest BCUT2D eigenvalue weighted by Crippen LogP contribution is -1.83. The molecule has 0 rings (SSSR count). The lowest BCUT2D eigenvalue weighted by atomic mass is 10.4. The van der Waals surface area contributed by atoms with Crippen molar-refractivity contribution in [2.24, 2.45) is 0 Å². The highest BCUT2D eigenvalue weighted by atomic mass is 32.2. The zero-order chi connectivity index (χ0) is 6.24. The Morgan fingerprint density at radius 3 is 2.75 bits per heavy atom. The SMILES string of the molecule is N#CSCCCCO. The van der Waals surface area contributed by atoms with Crippen LogP contribution in [0.15, 0.2) is 0 Å². The fraction of sp³-hybridized carbons (Fsp3) is 0.800. The average molecular weight is 131 g/mol. The number of hydrogen-bond donors (Lipinski definition) is 1. The summed E-state index contributed by atoms with van der Waals surface area (Å²) < 4.78 is 0. The molecule has 0 fully saturated rings. The van der Waals surface area contributed by atoms with Crippen molar-refractivity contribution >= 4 is 11.8 Å². The van der Waals surface area contributed by atoms with Crippen molar-refractivity contribution < 1.29 is 5.11 Å². The van der Waals surface area contributed by atoms with Crippen molar-refractivity contribution in [1.82, 2.24) is 0 Å². The molecular weight excluding hydrogens is 122 g/mol. The van der Waals surface area contributed by atoms with Crippen molar-refractivity contribution in [3.05, 3.63) is 0 Å². The van der Waals surface area contributed by atoms with Crippen LogP contribution in [0.25, 0.3) is 0 Å². The monoisotopic (exact) mass is 131 g/mol. The third-order valence-corrected chi connectivity index (χ3v) is 1.34. The number of thiocyanates is 1. The van der Waals surface area contributed by atoms with Gasteiger partial charge in [-0.1, -0.05) is 0 Å². The molecule has 0 aromatic rings. The minimum atomic E-state index is 0.242.